The number of hydrogen-bond acceptors (Lipinski definition) is 9. The minimum Gasteiger partial charge on any atom is -0.493 e. The smallest absolute Gasteiger partial charge is 0.248 e. The predicted molar refractivity (Wildman–Crippen MR) is 94.7 cm³/mol. The van der Waals surface area contributed by atoms with Crippen LogP contribution in [0.5, 0.6) is 17.2 Å². The zero-order valence-corrected chi connectivity index (χ0v) is 15.7. The van der Waals surface area contributed by atoms with Crippen molar-refractivity contribution in [1.29, 1.82) is 0 Å². The first kappa shape index (κ1) is 18.1. The van der Waals surface area contributed by atoms with Crippen molar-refractivity contribution in [3.8, 4) is 28.7 Å². The molecule has 0 spiro atoms. The highest BCUT2D eigenvalue weighted by Gasteiger charge is 2.17. The van der Waals surface area contributed by atoms with Gasteiger partial charge in [0.15, 0.2) is 11.5 Å². The van der Waals surface area contributed by atoms with Gasteiger partial charge >= 0.3 is 0 Å². The highest BCUT2D eigenvalue weighted by molar-refractivity contribution is 7.98. The fraction of sp³-hybridized carbons (Fsp3) is 0.375. The van der Waals surface area contributed by atoms with E-state index in [1.54, 1.807) is 33.5 Å². The number of methoxy groups -OCH3 is 3. The summed E-state index contributed by atoms with van der Waals surface area (Å²) < 4.78 is 21.7. The maximum absolute atomic E-state index is 5.74. The quantitative estimate of drug-likeness (QED) is 0.593. The van der Waals surface area contributed by atoms with Crippen LogP contribution in [-0.2, 0) is 12.2 Å². The van der Waals surface area contributed by atoms with Crippen molar-refractivity contribution in [2.45, 2.75) is 24.3 Å². The van der Waals surface area contributed by atoms with Crippen LogP contribution in [0, 0.1) is 0 Å². The van der Waals surface area contributed by atoms with Crippen LogP contribution in [0.4, 0.5) is 0 Å². The molecule has 0 radical (unpaired) electrons. The number of benzene rings is 1. The molecule has 10 heteroatoms. The molecule has 0 aliphatic carbocycles. The Morgan fingerprint density at radius 3 is 2.38 bits per heavy atom. The normalized spacial score (nSPS) is 10.8. The van der Waals surface area contributed by atoms with E-state index in [0.29, 0.717) is 45.5 Å². The third kappa shape index (κ3) is 3.74. The zero-order chi connectivity index (χ0) is 18.5. The summed E-state index contributed by atoms with van der Waals surface area (Å²) in [6.07, 6.45) is 0.805. The van der Waals surface area contributed by atoms with E-state index in [2.05, 4.69) is 25.4 Å². The Labute approximate surface area is 154 Å². The Bertz CT molecular complexity index is 854. The molecule has 0 aliphatic rings. The monoisotopic (exact) mass is 377 g/mol. The van der Waals surface area contributed by atoms with Gasteiger partial charge in [0, 0.05) is 12.0 Å². The highest BCUT2D eigenvalue weighted by atomic mass is 32.2. The lowest BCUT2D eigenvalue weighted by Gasteiger charge is -2.12. The Hall–Kier alpha value is -2.75. The van der Waals surface area contributed by atoms with E-state index >= 15 is 0 Å². The Morgan fingerprint density at radius 2 is 1.81 bits per heavy atom. The number of thioether (sulfide) groups is 1. The molecule has 1 aromatic carbocycles. The summed E-state index contributed by atoms with van der Waals surface area (Å²) in [6, 6.07) is 3.52. The number of rotatable bonds is 8. The lowest BCUT2D eigenvalue weighted by Crippen LogP contribution is -1.95. The number of H-pyrrole nitrogens is 1. The van der Waals surface area contributed by atoms with Gasteiger partial charge in [-0.1, -0.05) is 18.7 Å². The van der Waals surface area contributed by atoms with Gasteiger partial charge in [0.1, 0.15) is 5.82 Å². The van der Waals surface area contributed by atoms with Crippen LogP contribution in [0.1, 0.15) is 18.6 Å². The fourth-order valence-electron chi connectivity index (χ4n) is 2.26. The van der Waals surface area contributed by atoms with Crippen molar-refractivity contribution in [3.05, 3.63) is 23.8 Å². The van der Waals surface area contributed by atoms with Crippen LogP contribution in [-0.4, -0.2) is 46.7 Å². The average Bonchev–Trinajstić information content (AvgIpc) is 3.34. The summed E-state index contributed by atoms with van der Waals surface area (Å²) in [4.78, 5) is 4.33. The maximum atomic E-state index is 5.74. The van der Waals surface area contributed by atoms with Crippen molar-refractivity contribution < 1.29 is 18.6 Å². The fourth-order valence-corrected chi connectivity index (χ4v) is 2.91. The molecule has 0 saturated carbocycles. The van der Waals surface area contributed by atoms with Crippen LogP contribution < -0.4 is 14.2 Å². The molecule has 0 atom stereocenters. The maximum Gasteiger partial charge on any atom is 0.248 e. The first-order valence-corrected chi connectivity index (χ1v) is 8.83. The summed E-state index contributed by atoms with van der Waals surface area (Å²) in [5.74, 6) is 3.69. The number of hydrogen-bond donors (Lipinski definition) is 1. The first-order valence-electron chi connectivity index (χ1n) is 7.85. The van der Waals surface area contributed by atoms with E-state index in [0.717, 1.165) is 12.2 Å². The van der Waals surface area contributed by atoms with Crippen LogP contribution in [0.2, 0.25) is 0 Å². The zero-order valence-electron chi connectivity index (χ0n) is 14.9. The largest absolute Gasteiger partial charge is 0.493 e. The van der Waals surface area contributed by atoms with Gasteiger partial charge in [-0.05, 0) is 12.1 Å². The molecule has 0 amide bonds. The standard InChI is InChI=1S/C16H19N5O4S/c1-5-12-17-16(21-18-12)26-8-13-19-20-15(25-13)9-6-10(22-2)14(24-4)11(7-9)23-3/h6-7H,5,8H2,1-4H3,(H,17,18,21). The molecule has 0 unspecified atom stereocenters. The number of nitrogens with one attached hydrogen (secondary N) is 1. The first-order chi connectivity index (χ1) is 12.7. The Morgan fingerprint density at radius 1 is 1.08 bits per heavy atom. The van der Waals surface area contributed by atoms with Crippen molar-refractivity contribution >= 4 is 11.8 Å². The van der Waals surface area contributed by atoms with E-state index in [4.69, 9.17) is 18.6 Å². The second-order valence-electron chi connectivity index (χ2n) is 5.12. The third-order valence-electron chi connectivity index (χ3n) is 3.55. The van der Waals surface area contributed by atoms with Crippen LogP contribution >= 0.6 is 11.8 Å². The Balaban J connectivity index is 1.78. The lowest BCUT2D eigenvalue weighted by atomic mass is 10.2. The van der Waals surface area contributed by atoms with Gasteiger partial charge < -0.3 is 18.6 Å². The average molecular weight is 377 g/mol. The van der Waals surface area contributed by atoms with E-state index < -0.39 is 0 Å². The van der Waals surface area contributed by atoms with Gasteiger partial charge in [0.05, 0.1) is 27.1 Å². The molecular weight excluding hydrogens is 358 g/mol. The van der Waals surface area contributed by atoms with E-state index in [1.807, 2.05) is 6.92 Å². The van der Waals surface area contributed by atoms with Crippen molar-refractivity contribution in [1.82, 2.24) is 25.4 Å². The van der Waals surface area contributed by atoms with Gasteiger partial charge in [0.25, 0.3) is 0 Å². The summed E-state index contributed by atoms with van der Waals surface area (Å²) in [7, 11) is 4.66. The minimum atomic E-state index is 0.365. The van der Waals surface area contributed by atoms with Gasteiger partial charge in [-0.25, -0.2) is 4.98 Å². The molecule has 138 valence electrons. The molecule has 0 fully saturated rings. The minimum absolute atomic E-state index is 0.365. The predicted octanol–water partition coefficient (Wildman–Crippen LogP) is 2.74. The SMILES string of the molecule is CCc1nc(SCc2nnc(-c3cc(OC)c(OC)c(OC)c3)o2)n[nH]1. The molecule has 0 aliphatic heterocycles. The molecule has 0 bridgehead atoms. The summed E-state index contributed by atoms with van der Waals surface area (Å²) in [5.41, 5.74) is 0.675. The van der Waals surface area contributed by atoms with Gasteiger partial charge in [-0.2, -0.15) is 0 Å². The summed E-state index contributed by atoms with van der Waals surface area (Å²) >= 11 is 1.42. The molecule has 0 saturated heterocycles. The number of ether oxygens (including phenoxy) is 3. The molecule has 9 nitrogen and oxygen atoms in total. The van der Waals surface area contributed by atoms with E-state index in [9.17, 15) is 0 Å². The van der Waals surface area contributed by atoms with Gasteiger partial charge in [-0.3, -0.25) is 5.10 Å². The van der Waals surface area contributed by atoms with Crippen molar-refractivity contribution in [2.75, 3.05) is 21.3 Å². The lowest BCUT2D eigenvalue weighted by molar-refractivity contribution is 0.324. The second kappa shape index (κ2) is 8.09. The number of aromatic nitrogens is 5. The van der Waals surface area contributed by atoms with Crippen molar-refractivity contribution in [2.24, 2.45) is 0 Å². The number of aryl methyl sites for hydroxylation is 1. The Kier molecular flexibility index (Phi) is 5.61. The van der Waals surface area contributed by atoms with Crippen LogP contribution in [0.3, 0.4) is 0 Å². The topological polar surface area (TPSA) is 108 Å². The summed E-state index contributed by atoms with van der Waals surface area (Å²) in [6.45, 7) is 2.01. The second-order valence-corrected chi connectivity index (χ2v) is 6.06. The van der Waals surface area contributed by atoms with Crippen LogP contribution in [0.15, 0.2) is 21.7 Å². The third-order valence-corrected chi connectivity index (χ3v) is 4.38. The molecule has 2 aromatic heterocycles. The highest BCUT2D eigenvalue weighted by Crippen LogP contribution is 2.40. The number of aromatic amines is 1. The summed E-state index contributed by atoms with van der Waals surface area (Å²) in [5, 5.41) is 15.8. The molecule has 1 N–H and O–H groups in total. The van der Waals surface area contributed by atoms with Crippen LogP contribution in [0.25, 0.3) is 11.5 Å². The number of nitrogens with zero attached hydrogens (tertiary/aromatic N) is 4. The van der Waals surface area contributed by atoms with Crippen molar-refractivity contribution in [3.63, 3.8) is 0 Å². The van der Waals surface area contributed by atoms with Gasteiger partial charge in [-0.15, -0.1) is 15.3 Å². The molecule has 3 aromatic rings. The molecule has 26 heavy (non-hydrogen) atoms. The van der Waals surface area contributed by atoms with E-state index in [-0.39, 0.29) is 0 Å². The molecule has 3 rings (SSSR count). The van der Waals surface area contributed by atoms with Gasteiger partial charge in [0.2, 0.25) is 22.7 Å². The van der Waals surface area contributed by atoms with E-state index in [1.165, 1.54) is 11.8 Å². The molecular formula is C16H19N5O4S. The molecule has 2 heterocycles.